The molecule has 1 saturated heterocycles. The van der Waals surface area contributed by atoms with E-state index >= 15 is 0 Å². The van der Waals surface area contributed by atoms with Crippen molar-refractivity contribution in [3.05, 3.63) is 46.3 Å². The number of hydrogen-bond donors (Lipinski definition) is 0. The first kappa shape index (κ1) is 16.0. The maximum Gasteiger partial charge on any atom is 0.406 e. The number of aromatic nitrogens is 2. The molecule has 0 unspecified atom stereocenters. The molecule has 24 heavy (non-hydrogen) atoms. The first-order chi connectivity index (χ1) is 11.5. The van der Waals surface area contributed by atoms with Crippen LogP contribution >= 0.6 is 0 Å². The molecular formula is C16H19N5O3. The zero-order valence-electron chi connectivity index (χ0n) is 13.7. The van der Waals surface area contributed by atoms with Crippen LogP contribution in [0.5, 0.6) is 0 Å². The number of nitro groups is 1. The average Bonchev–Trinajstić information content (AvgIpc) is 2.92. The van der Waals surface area contributed by atoms with Crippen LogP contribution in [0.25, 0.3) is 0 Å². The Labute approximate surface area is 139 Å². The lowest BCUT2D eigenvalue weighted by Crippen LogP contribution is -2.51. The number of nitrogens with zero attached hydrogens (tertiary/aromatic N) is 5. The van der Waals surface area contributed by atoms with Gasteiger partial charge >= 0.3 is 5.82 Å². The van der Waals surface area contributed by atoms with Crippen molar-refractivity contribution in [2.75, 3.05) is 29.4 Å². The topological polar surface area (TPSA) is 84.5 Å². The number of benzene rings is 1. The van der Waals surface area contributed by atoms with Gasteiger partial charge in [0.2, 0.25) is 17.5 Å². The van der Waals surface area contributed by atoms with Gasteiger partial charge in [0, 0.05) is 32.2 Å². The van der Waals surface area contributed by atoms with E-state index in [4.69, 9.17) is 0 Å². The summed E-state index contributed by atoms with van der Waals surface area (Å²) in [6.45, 7) is 5.31. The predicted octanol–water partition coefficient (Wildman–Crippen LogP) is 1.97. The molecule has 0 saturated carbocycles. The SMILES string of the molecule is CCn1c(C)nc([N+](=O)[O-])c1N1CCN(c2ccccc2)C(=O)C1. The van der Waals surface area contributed by atoms with Crippen LogP contribution in [0.4, 0.5) is 17.3 Å². The number of carbonyl (C=O) groups is 1. The fourth-order valence-electron chi connectivity index (χ4n) is 3.09. The van der Waals surface area contributed by atoms with Crippen molar-refractivity contribution in [2.24, 2.45) is 0 Å². The summed E-state index contributed by atoms with van der Waals surface area (Å²) in [7, 11) is 0. The maximum atomic E-state index is 12.6. The van der Waals surface area contributed by atoms with Crippen molar-refractivity contribution in [2.45, 2.75) is 20.4 Å². The van der Waals surface area contributed by atoms with Gasteiger partial charge in [0.05, 0.1) is 6.54 Å². The molecule has 1 aromatic carbocycles. The third kappa shape index (κ3) is 2.70. The second-order valence-corrected chi connectivity index (χ2v) is 5.61. The van der Waals surface area contributed by atoms with Gasteiger partial charge in [-0.25, -0.2) is 0 Å². The molecule has 0 bridgehead atoms. The number of imidazole rings is 1. The number of rotatable bonds is 4. The number of para-hydroxylation sites is 1. The van der Waals surface area contributed by atoms with Crippen molar-refractivity contribution in [1.29, 1.82) is 0 Å². The van der Waals surface area contributed by atoms with Crippen LogP contribution in [0.3, 0.4) is 0 Å². The lowest BCUT2D eigenvalue weighted by molar-refractivity contribution is -0.388. The van der Waals surface area contributed by atoms with Crippen molar-refractivity contribution < 1.29 is 9.72 Å². The zero-order chi connectivity index (χ0) is 17.3. The van der Waals surface area contributed by atoms with Crippen LogP contribution in [0.1, 0.15) is 12.7 Å². The zero-order valence-corrected chi connectivity index (χ0v) is 13.7. The molecule has 8 nitrogen and oxygen atoms in total. The average molecular weight is 329 g/mol. The van der Waals surface area contributed by atoms with Gasteiger partial charge in [-0.15, -0.1) is 0 Å². The van der Waals surface area contributed by atoms with Crippen LogP contribution in [-0.4, -0.2) is 40.0 Å². The normalized spacial score (nSPS) is 15.0. The standard InChI is InChI=1S/C16H19N5O3/c1-3-19-12(2)17-15(21(23)24)16(19)18-9-10-20(14(22)11-18)13-7-5-4-6-8-13/h4-8H,3,9-11H2,1-2H3. The quantitative estimate of drug-likeness (QED) is 0.632. The minimum atomic E-state index is -0.484. The summed E-state index contributed by atoms with van der Waals surface area (Å²) in [4.78, 5) is 30.9. The molecule has 1 aliphatic rings. The van der Waals surface area contributed by atoms with E-state index in [9.17, 15) is 14.9 Å². The van der Waals surface area contributed by atoms with Gasteiger partial charge < -0.3 is 19.9 Å². The summed E-state index contributed by atoms with van der Waals surface area (Å²) in [5, 5.41) is 11.3. The van der Waals surface area contributed by atoms with E-state index in [-0.39, 0.29) is 18.3 Å². The smallest absolute Gasteiger partial charge is 0.358 e. The van der Waals surface area contributed by atoms with E-state index in [0.717, 1.165) is 5.69 Å². The highest BCUT2D eigenvalue weighted by Crippen LogP contribution is 2.30. The Hall–Kier alpha value is -2.90. The molecule has 0 atom stereocenters. The summed E-state index contributed by atoms with van der Waals surface area (Å²) >= 11 is 0. The van der Waals surface area contributed by atoms with Gasteiger partial charge in [0.25, 0.3) is 0 Å². The van der Waals surface area contributed by atoms with Gasteiger partial charge in [0.1, 0.15) is 0 Å². The van der Waals surface area contributed by atoms with Crippen LogP contribution < -0.4 is 9.80 Å². The molecule has 0 aliphatic carbocycles. The first-order valence-electron chi connectivity index (χ1n) is 7.84. The molecular weight excluding hydrogens is 310 g/mol. The summed E-state index contributed by atoms with van der Waals surface area (Å²) in [5.41, 5.74) is 0.844. The van der Waals surface area contributed by atoms with Crippen LogP contribution in [0.2, 0.25) is 0 Å². The maximum absolute atomic E-state index is 12.6. The molecule has 3 rings (SSSR count). The highest BCUT2D eigenvalue weighted by Gasteiger charge is 2.34. The van der Waals surface area contributed by atoms with Crippen molar-refractivity contribution >= 4 is 23.2 Å². The van der Waals surface area contributed by atoms with Gasteiger partial charge in [-0.3, -0.25) is 9.36 Å². The van der Waals surface area contributed by atoms with E-state index in [2.05, 4.69) is 4.98 Å². The van der Waals surface area contributed by atoms with Gasteiger partial charge in [0.15, 0.2) is 0 Å². The highest BCUT2D eigenvalue weighted by molar-refractivity contribution is 5.97. The second-order valence-electron chi connectivity index (χ2n) is 5.61. The summed E-state index contributed by atoms with van der Waals surface area (Å²) in [5.74, 6) is 0.733. The van der Waals surface area contributed by atoms with E-state index in [1.165, 1.54) is 0 Å². The number of anilines is 2. The number of piperazine rings is 1. The molecule has 126 valence electrons. The molecule has 2 aromatic rings. The van der Waals surface area contributed by atoms with Gasteiger partial charge in [-0.1, -0.05) is 18.2 Å². The third-order valence-corrected chi connectivity index (χ3v) is 4.19. The number of hydrogen-bond acceptors (Lipinski definition) is 5. The molecule has 1 aromatic heterocycles. The van der Waals surface area contributed by atoms with Crippen molar-refractivity contribution in [3.63, 3.8) is 0 Å². The minimum Gasteiger partial charge on any atom is -0.358 e. The summed E-state index contributed by atoms with van der Waals surface area (Å²) in [6.07, 6.45) is 0. The molecule has 0 N–H and O–H groups in total. The molecule has 1 fully saturated rings. The Morgan fingerprint density at radius 3 is 2.54 bits per heavy atom. The molecule has 0 spiro atoms. The number of amides is 1. The monoisotopic (exact) mass is 329 g/mol. The second kappa shape index (κ2) is 6.31. The van der Waals surface area contributed by atoms with Crippen LogP contribution in [0, 0.1) is 17.0 Å². The summed E-state index contributed by atoms with van der Waals surface area (Å²) < 4.78 is 1.78. The lowest BCUT2D eigenvalue weighted by atomic mass is 10.2. The molecule has 8 heteroatoms. The van der Waals surface area contributed by atoms with Gasteiger partial charge in [-0.2, -0.15) is 0 Å². The van der Waals surface area contributed by atoms with Crippen LogP contribution in [0.15, 0.2) is 30.3 Å². The van der Waals surface area contributed by atoms with Gasteiger partial charge in [-0.05, 0) is 29.0 Å². The fraction of sp³-hybridized carbons (Fsp3) is 0.375. The first-order valence-corrected chi connectivity index (χ1v) is 7.84. The van der Waals surface area contributed by atoms with E-state index in [1.807, 2.05) is 37.3 Å². The highest BCUT2D eigenvalue weighted by atomic mass is 16.6. The lowest BCUT2D eigenvalue weighted by Gasteiger charge is -2.35. The van der Waals surface area contributed by atoms with Crippen molar-refractivity contribution in [3.8, 4) is 0 Å². The third-order valence-electron chi connectivity index (χ3n) is 4.19. The summed E-state index contributed by atoms with van der Waals surface area (Å²) in [6, 6.07) is 9.44. The van der Waals surface area contributed by atoms with Crippen LogP contribution in [-0.2, 0) is 11.3 Å². The molecule has 2 heterocycles. The predicted molar refractivity (Wildman–Crippen MR) is 90.3 cm³/mol. The molecule has 1 amide bonds. The Balaban J connectivity index is 1.89. The Morgan fingerprint density at radius 2 is 1.96 bits per heavy atom. The Morgan fingerprint density at radius 1 is 1.25 bits per heavy atom. The Bertz CT molecular complexity index is 772. The Kier molecular flexibility index (Phi) is 4.20. The number of carbonyl (C=O) groups excluding carboxylic acids is 1. The van der Waals surface area contributed by atoms with E-state index in [0.29, 0.717) is 31.3 Å². The minimum absolute atomic E-state index is 0.0803. The van der Waals surface area contributed by atoms with E-state index in [1.54, 1.807) is 21.3 Å². The fourth-order valence-corrected chi connectivity index (χ4v) is 3.09. The number of aryl methyl sites for hydroxylation is 1. The van der Waals surface area contributed by atoms with Crippen molar-refractivity contribution in [1.82, 2.24) is 9.55 Å². The largest absolute Gasteiger partial charge is 0.406 e. The van der Waals surface area contributed by atoms with E-state index < -0.39 is 4.92 Å². The molecule has 0 radical (unpaired) electrons. The molecule has 1 aliphatic heterocycles.